The van der Waals surface area contributed by atoms with E-state index < -0.39 is 0 Å². The average molecular weight is 259 g/mol. The van der Waals surface area contributed by atoms with Crippen molar-refractivity contribution in [3.05, 3.63) is 42.5 Å². The summed E-state index contributed by atoms with van der Waals surface area (Å²) in [6.45, 7) is 9.87. The van der Waals surface area contributed by atoms with Gasteiger partial charge in [0.05, 0.1) is 0 Å². The van der Waals surface area contributed by atoms with Crippen LogP contribution in [0, 0.1) is 5.92 Å². The Hall–Kier alpha value is -1.24. The number of nitrogens with zero attached hydrogens (tertiary/aromatic N) is 1. The first-order chi connectivity index (χ1) is 9.15. The number of hydrogen-bond donors (Lipinski definition) is 0. The van der Waals surface area contributed by atoms with Gasteiger partial charge in [-0.1, -0.05) is 63.5 Å². The molecule has 0 N–H and O–H groups in total. The number of anilines is 1. The van der Waals surface area contributed by atoms with Gasteiger partial charge in [-0.2, -0.15) is 0 Å². The Morgan fingerprint density at radius 3 is 2.47 bits per heavy atom. The molecule has 1 atom stereocenters. The molecule has 106 valence electrons. The minimum atomic E-state index is 0.562. The summed E-state index contributed by atoms with van der Waals surface area (Å²) in [4.78, 5) is 2.32. The maximum absolute atomic E-state index is 4.27. The van der Waals surface area contributed by atoms with E-state index in [1.54, 1.807) is 0 Å². The van der Waals surface area contributed by atoms with Gasteiger partial charge in [-0.05, 0) is 30.9 Å². The lowest BCUT2D eigenvalue weighted by molar-refractivity contribution is 0.597. The summed E-state index contributed by atoms with van der Waals surface area (Å²) >= 11 is 0. The average Bonchev–Trinajstić information content (AvgIpc) is 2.44. The Balaban J connectivity index is 2.33. The van der Waals surface area contributed by atoms with Crippen LogP contribution in [0.25, 0.3) is 0 Å². The fraction of sp³-hybridized carbons (Fsp3) is 0.556. The third-order valence-electron chi connectivity index (χ3n) is 3.79. The SMILES string of the molecule is C=C(CCCCCC)C(C)CN(C)c1ccccc1. The molecule has 0 aliphatic carbocycles. The Bertz CT molecular complexity index is 355. The lowest BCUT2D eigenvalue weighted by Gasteiger charge is -2.25. The minimum Gasteiger partial charge on any atom is -0.374 e. The first-order valence-electron chi connectivity index (χ1n) is 7.59. The third-order valence-corrected chi connectivity index (χ3v) is 3.79. The van der Waals surface area contributed by atoms with Gasteiger partial charge in [0.15, 0.2) is 0 Å². The van der Waals surface area contributed by atoms with Crippen LogP contribution in [0.1, 0.15) is 46.0 Å². The molecule has 0 aliphatic heterocycles. The van der Waals surface area contributed by atoms with Crippen molar-refractivity contribution in [2.45, 2.75) is 46.0 Å². The molecule has 1 unspecified atom stereocenters. The van der Waals surface area contributed by atoms with E-state index in [0.717, 1.165) is 6.54 Å². The van der Waals surface area contributed by atoms with Crippen LogP contribution in [0.5, 0.6) is 0 Å². The highest BCUT2D eigenvalue weighted by molar-refractivity contribution is 5.45. The predicted octanol–water partition coefficient (Wildman–Crippen LogP) is 5.29. The van der Waals surface area contributed by atoms with Gasteiger partial charge in [0.1, 0.15) is 0 Å². The normalized spacial score (nSPS) is 12.2. The van der Waals surface area contributed by atoms with Crippen molar-refractivity contribution in [2.75, 3.05) is 18.5 Å². The van der Waals surface area contributed by atoms with E-state index in [0.29, 0.717) is 5.92 Å². The Labute approximate surface area is 119 Å². The van der Waals surface area contributed by atoms with Crippen molar-refractivity contribution >= 4 is 5.69 Å². The van der Waals surface area contributed by atoms with Crippen molar-refractivity contribution in [1.82, 2.24) is 0 Å². The van der Waals surface area contributed by atoms with Crippen LogP contribution in [0.2, 0.25) is 0 Å². The van der Waals surface area contributed by atoms with Gasteiger partial charge < -0.3 is 4.90 Å². The van der Waals surface area contributed by atoms with Crippen molar-refractivity contribution < 1.29 is 0 Å². The third kappa shape index (κ3) is 5.96. The zero-order chi connectivity index (χ0) is 14.1. The zero-order valence-corrected chi connectivity index (χ0v) is 12.9. The summed E-state index contributed by atoms with van der Waals surface area (Å²) in [5.41, 5.74) is 2.69. The van der Waals surface area contributed by atoms with Crippen LogP contribution >= 0.6 is 0 Å². The smallest absolute Gasteiger partial charge is 0.0363 e. The van der Waals surface area contributed by atoms with Gasteiger partial charge in [0.25, 0.3) is 0 Å². The molecular weight excluding hydrogens is 230 g/mol. The molecule has 0 heterocycles. The molecule has 1 aromatic rings. The van der Waals surface area contributed by atoms with Crippen molar-refractivity contribution in [2.24, 2.45) is 5.92 Å². The number of unbranched alkanes of at least 4 members (excludes halogenated alkanes) is 3. The molecule has 0 spiro atoms. The lowest BCUT2D eigenvalue weighted by atomic mass is 9.96. The summed E-state index contributed by atoms with van der Waals surface area (Å²) in [6, 6.07) is 10.6. The molecular formula is C18H29N. The van der Waals surface area contributed by atoms with Crippen LogP contribution in [-0.4, -0.2) is 13.6 Å². The Morgan fingerprint density at radius 2 is 1.84 bits per heavy atom. The zero-order valence-electron chi connectivity index (χ0n) is 12.9. The van der Waals surface area contributed by atoms with Crippen molar-refractivity contribution in [1.29, 1.82) is 0 Å². The van der Waals surface area contributed by atoms with Crippen LogP contribution in [0.15, 0.2) is 42.5 Å². The van der Waals surface area contributed by atoms with Crippen molar-refractivity contribution in [3.63, 3.8) is 0 Å². The molecule has 0 fully saturated rings. The van der Waals surface area contributed by atoms with Gasteiger partial charge in [-0.3, -0.25) is 0 Å². The summed E-state index contributed by atoms with van der Waals surface area (Å²) in [5, 5.41) is 0. The molecule has 1 rings (SSSR count). The topological polar surface area (TPSA) is 3.24 Å². The van der Waals surface area contributed by atoms with Gasteiger partial charge >= 0.3 is 0 Å². The van der Waals surface area contributed by atoms with E-state index in [2.05, 4.69) is 62.7 Å². The standard InChI is InChI=1S/C18H29N/c1-5-6-7-9-12-16(2)17(3)15-19(4)18-13-10-8-11-14-18/h8,10-11,13-14,17H,2,5-7,9,12,15H2,1,3-4H3. The number of para-hydroxylation sites is 1. The molecule has 1 aromatic carbocycles. The lowest BCUT2D eigenvalue weighted by Crippen LogP contribution is -2.24. The highest BCUT2D eigenvalue weighted by Gasteiger charge is 2.10. The van der Waals surface area contributed by atoms with E-state index >= 15 is 0 Å². The molecule has 0 saturated heterocycles. The van der Waals surface area contributed by atoms with E-state index in [4.69, 9.17) is 0 Å². The molecule has 0 saturated carbocycles. The van der Waals surface area contributed by atoms with E-state index in [1.165, 1.54) is 43.4 Å². The fourth-order valence-corrected chi connectivity index (χ4v) is 2.35. The Morgan fingerprint density at radius 1 is 1.16 bits per heavy atom. The summed E-state index contributed by atoms with van der Waals surface area (Å²) < 4.78 is 0. The second-order valence-corrected chi connectivity index (χ2v) is 5.59. The molecule has 0 amide bonds. The highest BCUT2D eigenvalue weighted by Crippen LogP contribution is 2.20. The van der Waals surface area contributed by atoms with Gasteiger partial charge in [-0.15, -0.1) is 0 Å². The van der Waals surface area contributed by atoms with Crippen LogP contribution < -0.4 is 4.90 Å². The summed E-state index contributed by atoms with van der Waals surface area (Å²) in [7, 11) is 2.16. The van der Waals surface area contributed by atoms with Crippen molar-refractivity contribution in [3.8, 4) is 0 Å². The monoisotopic (exact) mass is 259 g/mol. The molecule has 1 heteroatoms. The highest BCUT2D eigenvalue weighted by atomic mass is 15.1. The van der Waals surface area contributed by atoms with Gasteiger partial charge in [0, 0.05) is 19.3 Å². The molecule has 0 bridgehead atoms. The Kier molecular flexibility index (Phi) is 7.32. The van der Waals surface area contributed by atoms with Crippen LogP contribution in [-0.2, 0) is 0 Å². The van der Waals surface area contributed by atoms with Gasteiger partial charge in [0.2, 0.25) is 0 Å². The largest absolute Gasteiger partial charge is 0.374 e. The molecule has 0 aliphatic rings. The van der Waals surface area contributed by atoms with Crippen LogP contribution in [0.4, 0.5) is 5.69 Å². The fourth-order valence-electron chi connectivity index (χ4n) is 2.35. The first kappa shape index (κ1) is 15.8. The second-order valence-electron chi connectivity index (χ2n) is 5.59. The molecule has 19 heavy (non-hydrogen) atoms. The molecule has 1 nitrogen and oxygen atoms in total. The molecule has 0 radical (unpaired) electrons. The number of hydrogen-bond acceptors (Lipinski definition) is 1. The summed E-state index contributed by atoms with van der Waals surface area (Å²) in [5.74, 6) is 0.562. The first-order valence-corrected chi connectivity index (χ1v) is 7.59. The number of rotatable bonds is 9. The number of benzene rings is 1. The van der Waals surface area contributed by atoms with Crippen LogP contribution in [0.3, 0.4) is 0 Å². The maximum atomic E-state index is 4.27. The second kappa shape index (κ2) is 8.79. The van der Waals surface area contributed by atoms with E-state index in [1.807, 2.05) is 0 Å². The summed E-state index contributed by atoms with van der Waals surface area (Å²) in [6.07, 6.45) is 6.48. The minimum absolute atomic E-state index is 0.562. The maximum Gasteiger partial charge on any atom is 0.0363 e. The molecule has 0 aromatic heterocycles. The quantitative estimate of drug-likeness (QED) is 0.430. The van der Waals surface area contributed by atoms with E-state index in [-0.39, 0.29) is 0 Å². The predicted molar refractivity (Wildman–Crippen MR) is 86.8 cm³/mol. The van der Waals surface area contributed by atoms with E-state index in [9.17, 15) is 0 Å². The van der Waals surface area contributed by atoms with Gasteiger partial charge in [-0.25, -0.2) is 0 Å².